The van der Waals surface area contributed by atoms with Crippen molar-refractivity contribution in [3.8, 4) is 0 Å². The van der Waals surface area contributed by atoms with E-state index in [0.717, 1.165) is 16.9 Å². The van der Waals surface area contributed by atoms with Gasteiger partial charge in [0, 0.05) is 16.6 Å². The SMILES string of the molecule is Cc1csc(NC(=O)CSC2=NC3Nc4ccccc4C3N=N2)n1. The van der Waals surface area contributed by atoms with Gasteiger partial charge >= 0.3 is 0 Å². The number of azo groups is 1. The minimum absolute atomic E-state index is 0.0855. The van der Waals surface area contributed by atoms with E-state index in [1.807, 2.05) is 36.6 Å². The van der Waals surface area contributed by atoms with Gasteiger partial charge in [-0.25, -0.2) is 9.98 Å². The molecule has 4 rings (SSSR count). The van der Waals surface area contributed by atoms with Gasteiger partial charge in [-0.2, -0.15) is 5.11 Å². The minimum Gasteiger partial charge on any atom is -0.361 e. The highest BCUT2D eigenvalue weighted by Crippen LogP contribution is 2.39. The maximum atomic E-state index is 12.0. The summed E-state index contributed by atoms with van der Waals surface area (Å²) in [4.78, 5) is 20.7. The number of fused-ring (bicyclic) bond motifs is 3. The third-order valence-corrected chi connectivity index (χ3v) is 5.32. The first-order valence-electron chi connectivity index (χ1n) is 7.38. The van der Waals surface area contributed by atoms with Crippen molar-refractivity contribution in [1.82, 2.24) is 4.98 Å². The molecule has 7 nitrogen and oxygen atoms in total. The van der Waals surface area contributed by atoms with Crippen LogP contribution in [0.4, 0.5) is 10.8 Å². The molecule has 122 valence electrons. The van der Waals surface area contributed by atoms with E-state index in [4.69, 9.17) is 0 Å². The first-order chi connectivity index (χ1) is 11.7. The molecule has 2 aliphatic heterocycles. The minimum atomic E-state index is -0.146. The molecular weight excluding hydrogens is 344 g/mol. The van der Waals surface area contributed by atoms with E-state index >= 15 is 0 Å². The number of amidine groups is 1. The molecule has 0 saturated heterocycles. The Labute approximate surface area is 146 Å². The topological polar surface area (TPSA) is 91.1 Å². The molecule has 0 fully saturated rings. The van der Waals surface area contributed by atoms with Crippen LogP contribution in [0.15, 0.2) is 44.9 Å². The van der Waals surface area contributed by atoms with Gasteiger partial charge in [-0.3, -0.25) is 4.79 Å². The Hall–Kier alpha value is -2.26. The zero-order chi connectivity index (χ0) is 16.5. The lowest BCUT2D eigenvalue weighted by atomic mass is 10.1. The summed E-state index contributed by atoms with van der Waals surface area (Å²) in [6, 6.07) is 7.91. The number of aryl methyl sites for hydroxylation is 1. The van der Waals surface area contributed by atoms with E-state index < -0.39 is 0 Å². The first kappa shape index (κ1) is 15.3. The van der Waals surface area contributed by atoms with Crippen LogP contribution in [0.5, 0.6) is 0 Å². The molecule has 2 aliphatic rings. The van der Waals surface area contributed by atoms with Crippen LogP contribution in [0, 0.1) is 6.92 Å². The van der Waals surface area contributed by atoms with Crippen molar-refractivity contribution < 1.29 is 4.79 Å². The predicted molar refractivity (Wildman–Crippen MR) is 96.8 cm³/mol. The van der Waals surface area contributed by atoms with Crippen LogP contribution in [0.25, 0.3) is 0 Å². The third kappa shape index (κ3) is 3.04. The van der Waals surface area contributed by atoms with Crippen LogP contribution in [0.3, 0.4) is 0 Å². The van der Waals surface area contributed by atoms with Crippen molar-refractivity contribution in [1.29, 1.82) is 0 Å². The number of hydrogen-bond acceptors (Lipinski definition) is 8. The second-order valence-electron chi connectivity index (χ2n) is 5.38. The van der Waals surface area contributed by atoms with Crippen LogP contribution in [-0.2, 0) is 4.79 Å². The van der Waals surface area contributed by atoms with Crippen molar-refractivity contribution in [3.63, 3.8) is 0 Å². The number of thioether (sulfide) groups is 1. The van der Waals surface area contributed by atoms with E-state index in [2.05, 4.69) is 30.8 Å². The smallest absolute Gasteiger partial charge is 0.236 e. The fraction of sp³-hybridized carbons (Fsp3) is 0.267. The van der Waals surface area contributed by atoms with E-state index in [9.17, 15) is 4.79 Å². The summed E-state index contributed by atoms with van der Waals surface area (Å²) in [5.41, 5.74) is 3.04. The van der Waals surface area contributed by atoms with Gasteiger partial charge < -0.3 is 10.6 Å². The molecule has 3 heterocycles. The fourth-order valence-electron chi connectivity index (χ4n) is 2.54. The Morgan fingerprint density at radius 2 is 2.29 bits per heavy atom. The second-order valence-corrected chi connectivity index (χ2v) is 7.18. The van der Waals surface area contributed by atoms with Gasteiger partial charge in [0.05, 0.1) is 11.4 Å². The molecule has 2 aromatic rings. The molecule has 1 amide bonds. The fourth-order valence-corrected chi connectivity index (χ4v) is 3.87. The van der Waals surface area contributed by atoms with Crippen molar-refractivity contribution >= 4 is 45.0 Å². The van der Waals surface area contributed by atoms with Crippen LogP contribution in [0.1, 0.15) is 17.3 Å². The highest BCUT2D eigenvalue weighted by atomic mass is 32.2. The number of anilines is 2. The van der Waals surface area contributed by atoms with Crippen LogP contribution < -0.4 is 10.6 Å². The summed E-state index contributed by atoms with van der Waals surface area (Å²) in [7, 11) is 0. The molecular formula is C15H14N6OS2. The monoisotopic (exact) mass is 358 g/mol. The van der Waals surface area contributed by atoms with Gasteiger partial charge in [0.1, 0.15) is 6.04 Å². The molecule has 0 radical (unpaired) electrons. The predicted octanol–water partition coefficient (Wildman–Crippen LogP) is 3.44. The summed E-state index contributed by atoms with van der Waals surface area (Å²) in [6.45, 7) is 1.89. The highest BCUT2D eigenvalue weighted by Gasteiger charge is 2.34. The van der Waals surface area contributed by atoms with E-state index in [0.29, 0.717) is 10.3 Å². The lowest BCUT2D eigenvalue weighted by Gasteiger charge is -2.16. The second kappa shape index (κ2) is 6.33. The molecule has 2 N–H and O–H groups in total. The standard InChI is InChI=1S/C15H14N6OS2/c1-8-6-23-14(16-8)18-11(22)7-24-15-19-13-12(20-21-15)9-4-2-3-5-10(9)17-13/h2-6,12-13,17H,7H2,1H3,(H,16,18,22). The third-order valence-electron chi connectivity index (χ3n) is 3.60. The summed E-state index contributed by atoms with van der Waals surface area (Å²) < 4.78 is 0. The summed E-state index contributed by atoms with van der Waals surface area (Å²) in [5, 5.41) is 17.6. The number of carbonyl (C=O) groups excluding carboxylic acids is 1. The molecule has 2 unspecified atom stereocenters. The van der Waals surface area contributed by atoms with Gasteiger partial charge in [0.25, 0.3) is 0 Å². The lowest BCUT2D eigenvalue weighted by molar-refractivity contribution is -0.113. The van der Waals surface area contributed by atoms with Gasteiger partial charge in [0.2, 0.25) is 11.1 Å². The summed E-state index contributed by atoms with van der Waals surface area (Å²) in [6.07, 6.45) is -0.146. The lowest BCUT2D eigenvalue weighted by Crippen LogP contribution is -2.22. The summed E-state index contributed by atoms with van der Waals surface area (Å²) in [5.74, 6) is 0.0953. The Balaban J connectivity index is 1.36. The van der Waals surface area contributed by atoms with E-state index in [1.165, 1.54) is 23.1 Å². The maximum Gasteiger partial charge on any atom is 0.236 e. The number of thiazole rings is 1. The maximum absolute atomic E-state index is 12.0. The number of aromatic nitrogens is 1. The van der Waals surface area contributed by atoms with Crippen molar-refractivity contribution in [3.05, 3.63) is 40.9 Å². The number of nitrogens with one attached hydrogen (secondary N) is 2. The van der Waals surface area contributed by atoms with E-state index in [-0.39, 0.29) is 23.9 Å². The Morgan fingerprint density at radius 3 is 3.12 bits per heavy atom. The summed E-state index contributed by atoms with van der Waals surface area (Å²) >= 11 is 2.68. The van der Waals surface area contributed by atoms with Gasteiger partial charge in [0.15, 0.2) is 11.3 Å². The number of amides is 1. The number of para-hydroxylation sites is 1. The zero-order valence-electron chi connectivity index (χ0n) is 12.8. The quantitative estimate of drug-likeness (QED) is 0.879. The largest absolute Gasteiger partial charge is 0.361 e. The molecule has 0 saturated carbocycles. The first-order valence-corrected chi connectivity index (χ1v) is 9.24. The molecule has 2 atom stereocenters. The highest BCUT2D eigenvalue weighted by molar-refractivity contribution is 8.14. The normalized spacial score (nSPS) is 20.8. The number of hydrogen-bond donors (Lipinski definition) is 2. The van der Waals surface area contributed by atoms with Gasteiger partial charge in [-0.15, -0.1) is 16.5 Å². The molecule has 0 aliphatic carbocycles. The zero-order valence-corrected chi connectivity index (χ0v) is 14.4. The Kier molecular flexibility index (Phi) is 4.03. The molecule has 1 aromatic heterocycles. The average molecular weight is 358 g/mol. The average Bonchev–Trinajstić information content (AvgIpc) is 3.15. The molecule has 1 aromatic carbocycles. The van der Waals surface area contributed by atoms with E-state index in [1.54, 1.807) is 0 Å². The van der Waals surface area contributed by atoms with Gasteiger partial charge in [-0.05, 0) is 13.0 Å². The van der Waals surface area contributed by atoms with Gasteiger partial charge in [-0.1, -0.05) is 30.0 Å². The van der Waals surface area contributed by atoms with Crippen molar-refractivity contribution in [2.75, 3.05) is 16.4 Å². The number of benzene rings is 1. The molecule has 9 heteroatoms. The van der Waals surface area contributed by atoms with Crippen molar-refractivity contribution in [2.45, 2.75) is 19.1 Å². The number of nitrogens with zero attached hydrogens (tertiary/aromatic N) is 4. The Bertz CT molecular complexity index is 846. The van der Waals surface area contributed by atoms with Crippen LogP contribution in [-0.4, -0.2) is 28.0 Å². The Morgan fingerprint density at radius 1 is 1.42 bits per heavy atom. The number of aliphatic imine (C=N–C) groups is 1. The molecule has 0 spiro atoms. The van der Waals surface area contributed by atoms with Crippen molar-refractivity contribution in [2.24, 2.45) is 15.2 Å². The molecule has 0 bridgehead atoms. The van der Waals surface area contributed by atoms with Crippen LogP contribution >= 0.6 is 23.1 Å². The number of carbonyl (C=O) groups is 1. The molecule has 24 heavy (non-hydrogen) atoms. The van der Waals surface area contributed by atoms with Crippen LogP contribution in [0.2, 0.25) is 0 Å². The number of rotatable bonds is 3.